The summed E-state index contributed by atoms with van der Waals surface area (Å²) in [5.74, 6) is 0.864. The molecular weight excluding hydrogens is 148 g/mol. The largest absolute Gasteiger partial charge is 0.388 e. The maximum absolute atomic E-state index is 9.77. The van der Waals surface area contributed by atoms with E-state index in [4.69, 9.17) is 0 Å². The first kappa shape index (κ1) is 11.7. The fourth-order valence-electron chi connectivity index (χ4n) is 1.28. The van der Waals surface area contributed by atoms with Crippen LogP contribution in [0.15, 0.2) is 11.6 Å². The molecule has 0 heterocycles. The Labute approximate surface area is 76.5 Å². The normalized spacial score (nSPS) is 15.8. The van der Waals surface area contributed by atoms with Gasteiger partial charge in [-0.3, -0.25) is 0 Å². The van der Waals surface area contributed by atoms with E-state index in [1.165, 1.54) is 5.57 Å². The van der Waals surface area contributed by atoms with Gasteiger partial charge in [-0.05, 0) is 23.8 Å². The Morgan fingerprint density at radius 2 is 1.75 bits per heavy atom. The molecule has 0 fully saturated rings. The molecule has 0 bridgehead atoms. The molecule has 0 aromatic carbocycles. The van der Waals surface area contributed by atoms with Crippen molar-refractivity contribution >= 4 is 0 Å². The van der Waals surface area contributed by atoms with Gasteiger partial charge in [0.25, 0.3) is 0 Å². The van der Waals surface area contributed by atoms with Crippen molar-refractivity contribution in [3.63, 3.8) is 0 Å². The molecule has 0 spiro atoms. The van der Waals surface area contributed by atoms with Crippen LogP contribution in [-0.2, 0) is 0 Å². The van der Waals surface area contributed by atoms with Gasteiger partial charge in [0.15, 0.2) is 0 Å². The molecule has 0 saturated carbocycles. The number of aliphatic hydroxyl groups is 1. The van der Waals surface area contributed by atoms with E-state index in [9.17, 15) is 5.11 Å². The first-order valence-corrected chi connectivity index (χ1v) is 4.87. The number of rotatable bonds is 4. The van der Waals surface area contributed by atoms with Crippen LogP contribution in [0.4, 0.5) is 0 Å². The molecule has 0 amide bonds. The van der Waals surface area contributed by atoms with Crippen molar-refractivity contribution in [3.05, 3.63) is 11.6 Å². The third-order valence-electron chi connectivity index (χ3n) is 1.97. The van der Waals surface area contributed by atoms with E-state index in [2.05, 4.69) is 40.7 Å². The van der Waals surface area contributed by atoms with Crippen LogP contribution >= 0.6 is 0 Å². The lowest BCUT2D eigenvalue weighted by molar-refractivity contribution is 0.156. The number of aliphatic hydroxyl groups excluding tert-OH is 1. The maximum atomic E-state index is 9.77. The molecule has 1 N–H and O–H groups in total. The summed E-state index contributed by atoms with van der Waals surface area (Å²) >= 11 is 0. The molecule has 1 nitrogen and oxygen atoms in total. The first-order valence-electron chi connectivity index (χ1n) is 4.87. The van der Waals surface area contributed by atoms with Crippen molar-refractivity contribution in [3.8, 4) is 0 Å². The lowest BCUT2D eigenvalue weighted by Gasteiger charge is -2.18. The van der Waals surface area contributed by atoms with Gasteiger partial charge in [-0.15, -0.1) is 0 Å². The average Bonchev–Trinajstić information content (AvgIpc) is 1.98. The predicted molar refractivity (Wildman–Crippen MR) is 54.1 cm³/mol. The summed E-state index contributed by atoms with van der Waals surface area (Å²) in [6.45, 7) is 10.5. The van der Waals surface area contributed by atoms with Crippen molar-refractivity contribution in [2.75, 3.05) is 0 Å². The maximum Gasteiger partial charge on any atom is 0.0772 e. The molecule has 1 atom stereocenters. The summed E-state index contributed by atoms with van der Waals surface area (Å²) in [4.78, 5) is 0. The van der Waals surface area contributed by atoms with E-state index in [-0.39, 0.29) is 6.10 Å². The topological polar surface area (TPSA) is 20.2 Å². The SMILES string of the molecule is CC/C(=C\C(C)C)C(O)C(C)C. The second-order valence-electron chi connectivity index (χ2n) is 4.03. The van der Waals surface area contributed by atoms with Crippen molar-refractivity contribution in [2.24, 2.45) is 11.8 Å². The molecule has 0 aromatic rings. The quantitative estimate of drug-likeness (QED) is 0.643. The van der Waals surface area contributed by atoms with E-state index in [0.717, 1.165) is 6.42 Å². The third-order valence-corrected chi connectivity index (χ3v) is 1.97. The van der Waals surface area contributed by atoms with Crippen LogP contribution in [0.2, 0.25) is 0 Å². The lowest BCUT2D eigenvalue weighted by atomic mass is 9.94. The van der Waals surface area contributed by atoms with Crippen LogP contribution in [0.3, 0.4) is 0 Å². The Bertz CT molecular complexity index is 145. The van der Waals surface area contributed by atoms with Crippen LogP contribution in [-0.4, -0.2) is 11.2 Å². The Balaban J connectivity index is 4.33. The summed E-state index contributed by atoms with van der Waals surface area (Å²) in [5.41, 5.74) is 1.18. The number of allylic oxidation sites excluding steroid dienone is 1. The minimum absolute atomic E-state index is 0.252. The molecule has 72 valence electrons. The average molecular weight is 170 g/mol. The Morgan fingerprint density at radius 3 is 2.00 bits per heavy atom. The second kappa shape index (κ2) is 5.36. The fourth-order valence-corrected chi connectivity index (χ4v) is 1.28. The van der Waals surface area contributed by atoms with Crippen LogP contribution in [0.25, 0.3) is 0 Å². The van der Waals surface area contributed by atoms with Gasteiger partial charge in [0, 0.05) is 0 Å². The molecule has 12 heavy (non-hydrogen) atoms. The molecule has 0 aliphatic rings. The van der Waals surface area contributed by atoms with E-state index < -0.39 is 0 Å². The highest BCUT2D eigenvalue weighted by Gasteiger charge is 2.13. The Morgan fingerprint density at radius 1 is 1.25 bits per heavy atom. The van der Waals surface area contributed by atoms with Crippen molar-refractivity contribution in [2.45, 2.75) is 47.1 Å². The van der Waals surface area contributed by atoms with Gasteiger partial charge >= 0.3 is 0 Å². The molecular formula is C11H22O. The van der Waals surface area contributed by atoms with Gasteiger partial charge in [-0.1, -0.05) is 40.7 Å². The Hall–Kier alpha value is -0.300. The zero-order chi connectivity index (χ0) is 9.72. The van der Waals surface area contributed by atoms with Gasteiger partial charge in [0.2, 0.25) is 0 Å². The van der Waals surface area contributed by atoms with Crippen LogP contribution in [0.5, 0.6) is 0 Å². The molecule has 0 radical (unpaired) electrons. The van der Waals surface area contributed by atoms with Crippen molar-refractivity contribution < 1.29 is 5.11 Å². The zero-order valence-electron chi connectivity index (χ0n) is 8.96. The first-order chi connectivity index (χ1) is 5.49. The van der Waals surface area contributed by atoms with E-state index in [1.54, 1.807) is 0 Å². The van der Waals surface area contributed by atoms with E-state index >= 15 is 0 Å². The number of hydrogen-bond acceptors (Lipinski definition) is 1. The minimum Gasteiger partial charge on any atom is -0.388 e. The van der Waals surface area contributed by atoms with E-state index in [1.807, 2.05) is 0 Å². The van der Waals surface area contributed by atoms with Gasteiger partial charge in [-0.2, -0.15) is 0 Å². The van der Waals surface area contributed by atoms with Gasteiger partial charge in [0.1, 0.15) is 0 Å². The molecule has 1 unspecified atom stereocenters. The third kappa shape index (κ3) is 3.91. The minimum atomic E-state index is -0.252. The highest BCUT2D eigenvalue weighted by Crippen LogP contribution is 2.17. The van der Waals surface area contributed by atoms with Gasteiger partial charge in [-0.25, -0.2) is 0 Å². The van der Waals surface area contributed by atoms with Crippen LogP contribution in [0.1, 0.15) is 41.0 Å². The highest BCUT2D eigenvalue weighted by atomic mass is 16.3. The number of hydrogen-bond donors (Lipinski definition) is 1. The Kier molecular flexibility index (Phi) is 5.23. The summed E-state index contributed by atoms with van der Waals surface area (Å²) in [6.07, 6.45) is 2.87. The van der Waals surface area contributed by atoms with Crippen LogP contribution < -0.4 is 0 Å². The fraction of sp³-hybridized carbons (Fsp3) is 0.818. The molecule has 0 aliphatic heterocycles. The smallest absolute Gasteiger partial charge is 0.0772 e. The molecule has 0 rings (SSSR count). The van der Waals surface area contributed by atoms with Gasteiger partial charge < -0.3 is 5.11 Å². The summed E-state index contributed by atoms with van der Waals surface area (Å²) in [7, 11) is 0. The predicted octanol–water partition coefficient (Wildman–Crippen LogP) is 3.00. The zero-order valence-corrected chi connectivity index (χ0v) is 8.96. The molecule has 1 heteroatoms. The lowest BCUT2D eigenvalue weighted by Crippen LogP contribution is -2.17. The monoisotopic (exact) mass is 170 g/mol. The molecule has 0 saturated heterocycles. The molecule has 0 aliphatic carbocycles. The van der Waals surface area contributed by atoms with Gasteiger partial charge in [0.05, 0.1) is 6.10 Å². The summed E-state index contributed by atoms with van der Waals surface area (Å²) in [5, 5.41) is 9.77. The second-order valence-corrected chi connectivity index (χ2v) is 4.03. The standard InChI is InChI=1S/C11H22O/c1-6-10(7-8(2)3)11(12)9(4)5/h7-9,11-12H,6H2,1-5H3/b10-7+. The van der Waals surface area contributed by atoms with Crippen molar-refractivity contribution in [1.82, 2.24) is 0 Å². The summed E-state index contributed by atoms with van der Waals surface area (Å²) in [6, 6.07) is 0. The van der Waals surface area contributed by atoms with Crippen LogP contribution in [0, 0.1) is 11.8 Å². The molecule has 0 aromatic heterocycles. The summed E-state index contributed by atoms with van der Waals surface area (Å²) < 4.78 is 0. The van der Waals surface area contributed by atoms with E-state index in [0.29, 0.717) is 11.8 Å². The highest BCUT2D eigenvalue weighted by molar-refractivity contribution is 5.09. The van der Waals surface area contributed by atoms with Crippen molar-refractivity contribution in [1.29, 1.82) is 0 Å².